The summed E-state index contributed by atoms with van der Waals surface area (Å²) in [6.07, 6.45) is 2.91. The second kappa shape index (κ2) is 6.87. The molecule has 0 bridgehead atoms. The lowest BCUT2D eigenvalue weighted by Crippen LogP contribution is -2.12. The van der Waals surface area contributed by atoms with Gasteiger partial charge in [0.05, 0.1) is 17.4 Å². The number of carbonyl (C=O) groups excluding carboxylic acids is 1. The number of rotatable bonds is 4. The Morgan fingerprint density at radius 2 is 1.62 bits per heavy atom. The van der Waals surface area contributed by atoms with E-state index in [4.69, 9.17) is 0 Å². The maximum absolute atomic E-state index is 13.2. The summed E-state index contributed by atoms with van der Waals surface area (Å²) in [7, 11) is 0. The molecule has 0 fully saturated rings. The first-order valence-electron chi connectivity index (χ1n) is 7.15. The van der Waals surface area contributed by atoms with Gasteiger partial charge in [0.1, 0.15) is 0 Å². The Kier molecular flexibility index (Phi) is 4.47. The fourth-order valence-electron chi connectivity index (χ4n) is 2.10. The molecule has 0 radical (unpaired) electrons. The lowest BCUT2D eigenvalue weighted by Gasteiger charge is -2.09. The van der Waals surface area contributed by atoms with Crippen molar-refractivity contribution in [3.63, 3.8) is 0 Å². The lowest BCUT2D eigenvalue weighted by molar-refractivity contribution is 0.102. The third kappa shape index (κ3) is 3.73. The highest BCUT2D eigenvalue weighted by molar-refractivity contribution is 6.04. The molecule has 1 amide bonds. The van der Waals surface area contributed by atoms with Gasteiger partial charge in [-0.2, -0.15) is 0 Å². The van der Waals surface area contributed by atoms with Crippen molar-refractivity contribution >= 4 is 23.0 Å². The van der Waals surface area contributed by atoms with Crippen LogP contribution in [0.3, 0.4) is 0 Å². The Morgan fingerprint density at radius 3 is 2.38 bits per heavy atom. The number of para-hydroxylation sites is 1. The number of pyridine rings is 1. The fourth-order valence-corrected chi connectivity index (χ4v) is 2.10. The van der Waals surface area contributed by atoms with Crippen LogP contribution >= 0.6 is 0 Å². The molecule has 0 aliphatic heterocycles. The number of hydrogen-bond acceptors (Lipinski definition) is 3. The zero-order valence-electron chi connectivity index (χ0n) is 12.5. The molecule has 24 heavy (non-hydrogen) atoms. The van der Waals surface area contributed by atoms with Crippen LogP contribution in [-0.4, -0.2) is 10.9 Å². The second-order valence-electron chi connectivity index (χ2n) is 5.04. The van der Waals surface area contributed by atoms with E-state index in [1.165, 1.54) is 18.5 Å². The molecule has 4 nitrogen and oxygen atoms in total. The first kappa shape index (κ1) is 15.6. The van der Waals surface area contributed by atoms with Crippen molar-refractivity contribution in [1.29, 1.82) is 0 Å². The van der Waals surface area contributed by atoms with Crippen molar-refractivity contribution < 1.29 is 13.6 Å². The van der Waals surface area contributed by atoms with Crippen LogP contribution in [0.4, 0.5) is 25.8 Å². The number of halogens is 2. The Hall–Kier alpha value is -3.28. The van der Waals surface area contributed by atoms with Crippen LogP contribution < -0.4 is 10.6 Å². The Bertz CT molecular complexity index is 869. The van der Waals surface area contributed by atoms with Crippen LogP contribution in [-0.2, 0) is 0 Å². The molecule has 0 spiro atoms. The van der Waals surface area contributed by atoms with Crippen molar-refractivity contribution in [3.05, 3.63) is 84.2 Å². The zero-order chi connectivity index (χ0) is 16.9. The third-order valence-electron chi connectivity index (χ3n) is 3.24. The maximum atomic E-state index is 13.2. The number of carbonyl (C=O) groups is 1. The van der Waals surface area contributed by atoms with Crippen molar-refractivity contribution in [1.82, 2.24) is 4.98 Å². The van der Waals surface area contributed by atoms with Crippen LogP contribution in [0, 0.1) is 11.6 Å². The predicted octanol–water partition coefficient (Wildman–Crippen LogP) is 4.36. The van der Waals surface area contributed by atoms with Gasteiger partial charge in [0.2, 0.25) is 0 Å². The number of nitrogens with zero attached hydrogens (tertiary/aromatic N) is 1. The number of hydrogen-bond donors (Lipinski definition) is 2. The van der Waals surface area contributed by atoms with Gasteiger partial charge in [-0.15, -0.1) is 0 Å². The smallest absolute Gasteiger partial charge is 0.257 e. The molecule has 1 heterocycles. The largest absolute Gasteiger partial charge is 0.354 e. The van der Waals surface area contributed by atoms with E-state index in [0.717, 1.165) is 12.1 Å². The topological polar surface area (TPSA) is 54.0 Å². The van der Waals surface area contributed by atoms with Crippen LogP contribution in [0.25, 0.3) is 0 Å². The summed E-state index contributed by atoms with van der Waals surface area (Å²) in [6, 6.07) is 14.1. The number of aromatic nitrogens is 1. The van der Waals surface area contributed by atoms with Gasteiger partial charge in [0, 0.05) is 23.6 Å². The van der Waals surface area contributed by atoms with E-state index in [1.807, 2.05) is 18.2 Å². The van der Waals surface area contributed by atoms with E-state index in [2.05, 4.69) is 15.6 Å². The van der Waals surface area contributed by atoms with E-state index < -0.39 is 11.6 Å². The van der Waals surface area contributed by atoms with Crippen LogP contribution in [0.15, 0.2) is 67.0 Å². The summed E-state index contributed by atoms with van der Waals surface area (Å²) in [5.41, 5.74) is 1.85. The van der Waals surface area contributed by atoms with Crippen LogP contribution in [0.2, 0.25) is 0 Å². The number of benzene rings is 2. The maximum Gasteiger partial charge on any atom is 0.257 e. The SMILES string of the molecule is O=C(Nc1ccccc1)c1cncc(Nc2ccc(F)c(F)c2)c1. The molecule has 120 valence electrons. The van der Waals surface area contributed by atoms with Crippen molar-refractivity contribution in [3.8, 4) is 0 Å². The van der Waals surface area contributed by atoms with E-state index in [9.17, 15) is 13.6 Å². The van der Waals surface area contributed by atoms with Crippen LogP contribution in [0.1, 0.15) is 10.4 Å². The summed E-state index contributed by atoms with van der Waals surface area (Å²) in [4.78, 5) is 16.2. The molecule has 0 saturated heterocycles. The second-order valence-corrected chi connectivity index (χ2v) is 5.04. The van der Waals surface area contributed by atoms with Gasteiger partial charge in [0.25, 0.3) is 5.91 Å². The molecule has 0 atom stereocenters. The highest BCUT2D eigenvalue weighted by Crippen LogP contribution is 2.19. The standard InChI is InChI=1S/C18H13F2N3O/c19-16-7-6-14(9-17(16)20)22-15-8-12(10-21-11-15)18(24)23-13-4-2-1-3-5-13/h1-11,22H,(H,23,24). The number of amides is 1. The monoisotopic (exact) mass is 325 g/mol. The zero-order valence-corrected chi connectivity index (χ0v) is 12.5. The number of nitrogens with one attached hydrogen (secondary N) is 2. The summed E-state index contributed by atoms with van der Waals surface area (Å²) >= 11 is 0. The molecule has 0 saturated carbocycles. The molecule has 0 unspecified atom stereocenters. The minimum Gasteiger partial charge on any atom is -0.354 e. The van der Waals surface area contributed by atoms with Gasteiger partial charge >= 0.3 is 0 Å². The molecule has 1 aromatic heterocycles. The van der Waals surface area contributed by atoms with E-state index in [1.54, 1.807) is 18.2 Å². The van der Waals surface area contributed by atoms with E-state index in [-0.39, 0.29) is 5.91 Å². The Labute approximate surface area is 137 Å². The predicted molar refractivity (Wildman–Crippen MR) is 88.3 cm³/mol. The summed E-state index contributed by atoms with van der Waals surface area (Å²) in [6.45, 7) is 0. The molecule has 0 aliphatic rings. The Balaban J connectivity index is 1.76. The van der Waals surface area contributed by atoms with Gasteiger partial charge < -0.3 is 10.6 Å². The third-order valence-corrected chi connectivity index (χ3v) is 3.24. The molecule has 6 heteroatoms. The van der Waals surface area contributed by atoms with E-state index in [0.29, 0.717) is 22.6 Å². The first-order valence-corrected chi connectivity index (χ1v) is 7.15. The minimum atomic E-state index is -0.953. The van der Waals surface area contributed by atoms with Gasteiger partial charge in [-0.25, -0.2) is 8.78 Å². The molecule has 0 aliphatic carbocycles. The van der Waals surface area contributed by atoms with Crippen molar-refractivity contribution in [2.24, 2.45) is 0 Å². The average Bonchev–Trinajstić information content (AvgIpc) is 2.59. The summed E-state index contributed by atoms with van der Waals surface area (Å²) < 4.78 is 26.2. The van der Waals surface area contributed by atoms with Gasteiger partial charge in [-0.05, 0) is 30.3 Å². The van der Waals surface area contributed by atoms with Gasteiger partial charge in [0.15, 0.2) is 11.6 Å². The van der Waals surface area contributed by atoms with Crippen molar-refractivity contribution in [2.75, 3.05) is 10.6 Å². The van der Waals surface area contributed by atoms with Gasteiger partial charge in [-0.1, -0.05) is 18.2 Å². The summed E-state index contributed by atoms with van der Waals surface area (Å²) in [5, 5.41) is 5.63. The normalized spacial score (nSPS) is 10.2. The lowest BCUT2D eigenvalue weighted by atomic mass is 10.2. The summed E-state index contributed by atoms with van der Waals surface area (Å²) in [5.74, 6) is -2.19. The highest BCUT2D eigenvalue weighted by atomic mass is 19.2. The minimum absolute atomic E-state index is 0.317. The molecular weight excluding hydrogens is 312 g/mol. The molecule has 3 aromatic rings. The van der Waals surface area contributed by atoms with Gasteiger partial charge in [-0.3, -0.25) is 9.78 Å². The van der Waals surface area contributed by atoms with Crippen molar-refractivity contribution in [2.45, 2.75) is 0 Å². The molecule has 2 N–H and O–H groups in total. The molecule has 3 rings (SSSR count). The van der Waals surface area contributed by atoms with E-state index >= 15 is 0 Å². The average molecular weight is 325 g/mol. The Morgan fingerprint density at radius 1 is 0.833 bits per heavy atom. The molecule has 2 aromatic carbocycles. The van der Waals surface area contributed by atoms with Crippen LogP contribution in [0.5, 0.6) is 0 Å². The molecular formula is C18H13F2N3O. The number of anilines is 3. The first-order chi connectivity index (χ1) is 11.6. The highest BCUT2D eigenvalue weighted by Gasteiger charge is 2.08. The fraction of sp³-hybridized carbons (Fsp3) is 0. The quantitative estimate of drug-likeness (QED) is 0.749.